The van der Waals surface area contributed by atoms with Crippen LogP contribution in [0.5, 0.6) is 11.5 Å². The number of pyridine rings is 1. The average Bonchev–Trinajstić information content (AvgIpc) is 3.03. The van der Waals surface area contributed by atoms with Crippen molar-refractivity contribution < 1.29 is 24.0 Å². The lowest BCUT2D eigenvalue weighted by molar-refractivity contribution is -0.384. The van der Waals surface area contributed by atoms with Gasteiger partial charge in [-0.05, 0) is 42.0 Å². The van der Waals surface area contributed by atoms with Crippen LogP contribution in [0.25, 0.3) is 6.08 Å². The molecule has 142 valence electrons. The van der Waals surface area contributed by atoms with Crippen molar-refractivity contribution in [2.45, 2.75) is 0 Å². The lowest BCUT2D eigenvalue weighted by Gasteiger charge is -2.05. The first-order chi connectivity index (χ1) is 14.0. The standard InChI is InChI=1S/C21H12N2O6/c24-20-17-8-7-16(28-21(25)14-3-5-15(6-4-14)23(26)27)11-18(17)29-19(20)10-13-2-1-9-22-12-13/h1-12H/b19-10-. The molecular weight excluding hydrogens is 376 g/mol. The number of non-ortho nitro benzene ring substituents is 1. The van der Waals surface area contributed by atoms with Crippen LogP contribution in [0.4, 0.5) is 5.69 Å². The molecule has 1 aromatic heterocycles. The van der Waals surface area contributed by atoms with Crippen LogP contribution in [0.3, 0.4) is 0 Å². The fraction of sp³-hybridized carbons (Fsp3) is 0. The highest BCUT2D eigenvalue weighted by atomic mass is 16.6. The van der Waals surface area contributed by atoms with E-state index in [4.69, 9.17) is 9.47 Å². The zero-order valence-electron chi connectivity index (χ0n) is 14.8. The Kier molecular flexibility index (Phi) is 4.58. The van der Waals surface area contributed by atoms with E-state index < -0.39 is 10.9 Å². The number of nitrogens with zero attached hydrogens (tertiary/aromatic N) is 2. The molecule has 0 aliphatic carbocycles. The second-order valence-electron chi connectivity index (χ2n) is 6.08. The number of nitro benzene ring substituents is 1. The molecule has 0 saturated heterocycles. The number of carbonyl (C=O) groups excluding carboxylic acids is 2. The number of benzene rings is 2. The minimum Gasteiger partial charge on any atom is -0.452 e. The maximum Gasteiger partial charge on any atom is 0.343 e. The van der Waals surface area contributed by atoms with Gasteiger partial charge in [-0.25, -0.2) is 4.79 Å². The van der Waals surface area contributed by atoms with Crippen molar-refractivity contribution in [3.05, 3.63) is 99.6 Å². The van der Waals surface area contributed by atoms with Gasteiger partial charge in [0.05, 0.1) is 16.1 Å². The van der Waals surface area contributed by atoms with Crippen molar-refractivity contribution in [1.29, 1.82) is 0 Å². The van der Waals surface area contributed by atoms with Gasteiger partial charge in [-0.2, -0.15) is 0 Å². The molecule has 0 saturated carbocycles. The molecule has 1 aliphatic heterocycles. The minimum absolute atomic E-state index is 0.126. The summed E-state index contributed by atoms with van der Waals surface area (Å²) in [7, 11) is 0. The van der Waals surface area contributed by atoms with Crippen LogP contribution >= 0.6 is 0 Å². The smallest absolute Gasteiger partial charge is 0.343 e. The van der Waals surface area contributed by atoms with Crippen molar-refractivity contribution >= 4 is 23.5 Å². The van der Waals surface area contributed by atoms with Gasteiger partial charge < -0.3 is 9.47 Å². The Morgan fingerprint density at radius 2 is 1.93 bits per heavy atom. The Hall–Kier alpha value is -4.33. The molecule has 4 rings (SSSR count). The Balaban J connectivity index is 1.52. The molecule has 0 atom stereocenters. The number of hydrogen-bond donors (Lipinski definition) is 0. The number of Topliss-reactive ketones (excluding diaryl/α,β-unsaturated/α-hetero) is 1. The third-order valence-electron chi connectivity index (χ3n) is 4.15. The number of carbonyl (C=O) groups is 2. The molecule has 0 N–H and O–H groups in total. The van der Waals surface area contributed by atoms with Crippen molar-refractivity contribution in [3.8, 4) is 11.5 Å². The third-order valence-corrected chi connectivity index (χ3v) is 4.15. The van der Waals surface area contributed by atoms with E-state index in [-0.39, 0.29) is 34.3 Å². The third kappa shape index (κ3) is 3.72. The van der Waals surface area contributed by atoms with Crippen LogP contribution in [-0.2, 0) is 0 Å². The largest absolute Gasteiger partial charge is 0.452 e. The van der Waals surface area contributed by atoms with E-state index in [1.54, 1.807) is 30.6 Å². The van der Waals surface area contributed by atoms with E-state index in [9.17, 15) is 19.7 Å². The first kappa shape index (κ1) is 18.1. The summed E-state index contributed by atoms with van der Waals surface area (Å²) in [5.74, 6) is -0.360. The molecule has 29 heavy (non-hydrogen) atoms. The number of allylic oxidation sites excluding steroid dienone is 1. The summed E-state index contributed by atoms with van der Waals surface area (Å²) in [5.41, 5.74) is 1.10. The highest BCUT2D eigenvalue weighted by Crippen LogP contribution is 2.35. The van der Waals surface area contributed by atoms with Crippen LogP contribution in [0, 0.1) is 10.1 Å². The van der Waals surface area contributed by atoms with Crippen molar-refractivity contribution in [2.24, 2.45) is 0 Å². The number of ether oxygens (including phenoxy) is 2. The van der Waals surface area contributed by atoms with E-state index in [1.807, 2.05) is 0 Å². The molecule has 0 fully saturated rings. The summed E-state index contributed by atoms with van der Waals surface area (Å²) in [6.07, 6.45) is 4.81. The number of rotatable bonds is 4. The number of esters is 1. The van der Waals surface area contributed by atoms with Gasteiger partial charge in [0.25, 0.3) is 5.69 Å². The number of aromatic nitrogens is 1. The molecule has 0 radical (unpaired) electrons. The SMILES string of the molecule is O=C(Oc1ccc2c(c1)O/C(=C\c1cccnc1)C2=O)c1ccc([N+](=O)[O-])cc1. The highest BCUT2D eigenvalue weighted by molar-refractivity contribution is 6.14. The van der Waals surface area contributed by atoms with E-state index >= 15 is 0 Å². The zero-order valence-corrected chi connectivity index (χ0v) is 14.8. The molecule has 0 spiro atoms. The van der Waals surface area contributed by atoms with Crippen molar-refractivity contribution in [1.82, 2.24) is 4.98 Å². The molecule has 0 unspecified atom stereocenters. The molecule has 0 amide bonds. The van der Waals surface area contributed by atoms with Crippen LogP contribution in [0.2, 0.25) is 0 Å². The van der Waals surface area contributed by atoms with Gasteiger partial charge in [0.2, 0.25) is 5.78 Å². The highest BCUT2D eigenvalue weighted by Gasteiger charge is 2.28. The first-order valence-electron chi connectivity index (χ1n) is 8.46. The molecule has 2 heterocycles. The molecule has 3 aromatic rings. The van der Waals surface area contributed by atoms with E-state index in [0.29, 0.717) is 11.1 Å². The van der Waals surface area contributed by atoms with Gasteiger partial charge in [-0.15, -0.1) is 0 Å². The number of hydrogen-bond acceptors (Lipinski definition) is 7. The summed E-state index contributed by atoms with van der Waals surface area (Å²) in [6, 6.07) is 13.0. The van der Waals surface area contributed by atoms with Crippen LogP contribution in [-0.4, -0.2) is 21.7 Å². The molecule has 8 nitrogen and oxygen atoms in total. The summed E-state index contributed by atoms with van der Waals surface area (Å²) in [5, 5.41) is 10.7. The summed E-state index contributed by atoms with van der Waals surface area (Å²) in [6.45, 7) is 0. The maximum absolute atomic E-state index is 12.5. The van der Waals surface area contributed by atoms with Gasteiger partial charge in [0.15, 0.2) is 5.76 Å². The predicted molar refractivity (Wildman–Crippen MR) is 102 cm³/mol. The van der Waals surface area contributed by atoms with Crippen molar-refractivity contribution in [3.63, 3.8) is 0 Å². The van der Waals surface area contributed by atoms with Gasteiger partial charge in [-0.3, -0.25) is 19.9 Å². The fourth-order valence-electron chi connectivity index (χ4n) is 2.73. The molecule has 8 heteroatoms. The molecular formula is C21H12N2O6. The Bertz CT molecular complexity index is 1150. The Labute approximate surface area is 164 Å². The van der Waals surface area contributed by atoms with E-state index in [2.05, 4.69) is 4.98 Å². The number of fused-ring (bicyclic) bond motifs is 1. The first-order valence-corrected chi connectivity index (χ1v) is 8.46. The summed E-state index contributed by atoms with van der Waals surface area (Å²) >= 11 is 0. The fourth-order valence-corrected chi connectivity index (χ4v) is 2.73. The zero-order chi connectivity index (χ0) is 20.4. The van der Waals surface area contributed by atoms with Gasteiger partial charge >= 0.3 is 5.97 Å². The minimum atomic E-state index is -0.685. The lowest BCUT2D eigenvalue weighted by atomic mass is 10.1. The van der Waals surface area contributed by atoms with Crippen LogP contribution in [0.1, 0.15) is 26.3 Å². The van der Waals surface area contributed by atoms with Crippen LogP contribution in [0.15, 0.2) is 72.8 Å². The predicted octanol–water partition coefficient (Wildman–Crippen LogP) is 3.83. The molecule has 2 aromatic carbocycles. The van der Waals surface area contributed by atoms with Gasteiger partial charge in [-0.1, -0.05) is 6.07 Å². The van der Waals surface area contributed by atoms with Crippen molar-refractivity contribution in [2.75, 3.05) is 0 Å². The second-order valence-corrected chi connectivity index (χ2v) is 6.08. The van der Waals surface area contributed by atoms with Crippen LogP contribution < -0.4 is 9.47 Å². The summed E-state index contributed by atoms with van der Waals surface area (Å²) in [4.78, 5) is 38.8. The molecule has 1 aliphatic rings. The Morgan fingerprint density at radius 3 is 2.62 bits per heavy atom. The average molecular weight is 388 g/mol. The number of nitro groups is 1. The monoisotopic (exact) mass is 388 g/mol. The van der Waals surface area contributed by atoms with E-state index in [1.165, 1.54) is 42.5 Å². The second kappa shape index (κ2) is 7.35. The number of ketones is 1. The van der Waals surface area contributed by atoms with Gasteiger partial charge in [0, 0.05) is 30.6 Å². The summed E-state index contributed by atoms with van der Waals surface area (Å²) < 4.78 is 10.9. The lowest BCUT2D eigenvalue weighted by Crippen LogP contribution is -2.08. The van der Waals surface area contributed by atoms with Gasteiger partial charge in [0.1, 0.15) is 11.5 Å². The molecule has 0 bridgehead atoms. The topological polar surface area (TPSA) is 109 Å². The quantitative estimate of drug-likeness (QED) is 0.220. The van der Waals surface area contributed by atoms with E-state index in [0.717, 1.165) is 0 Å². The maximum atomic E-state index is 12.5. The normalized spacial score (nSPS) is 13.7. The Morgan fingerprint density at radius 1 is 1.14 bits per heavy atom.